The molecule has 0 saturated carbocycles. The first-order chi connectivity index (χ1) is 13.3. The number of hydrogen-bond acceptors (Lipinski definition) is 4. The molecule has 3 rings (SSSR count). The average Bonchev–Trinajstić information content (AvgIpc) is 3.25. The van der Waals surface area contributed by atoms with Gasteiger partial charge in [0, 0.05) is 13.1 Å². The van der Waals surface area contributed by atoms with Crippen LogP contribution < -0.4 is 0 Å². The fourth-order valence-corrected chi connectivity index (χ4v) is 3.76. The van der Waals surface area contributed by atoms with Crippen molar-refractivity contribution in [2.75, 3.05) is 13.1 Å². The Morgan fingerprint density at radius 3 is 2.64 bits per heavy atom. The fraction of sp³-hybridized carbons (Fsp3) is 0.524. The lowest BCUT2D eigenvalue weighted by molar-refractivity contribution is -0.142. The first-order valence-corrected chi connectivity index (χ1v) is 9.90. The van der Waals surface area contributed by atoms with E-state index in [4.69, 9.17) is 0 Å². The lowest BCUT2D eigenvalue weighted by Crippen LogP contribution is -2.31. The van der Waals surface area contributed by atoms with Gasteiger partial charge in [-0.2, -0.15) is 0 Å². The molecule has 28 heavy (non-hydrogen) atoms. The van der Waals surface area contributed by atoms with Gasteiger partial charge in [0.05, 0.1) is 17.3 Å². The maximum Gasteiger partial charge on any atom is 0.308 e. The monoisotopic (exact) mass is 384 g/mol. The van der Waals surface area contributed by atoms with E-state index in [1.807, 2.05) is 19.1 Å². The molecule has 1 aromatic heterocycles. The number of hydrogen-bond donors (Lipinski definition) is 1. The Hall–Kier alpha value is -2.70. The number of benzene rings is 1. The van der Waals surface area contributed by atoms with Crippen molar-refractivity contribution >= 4 is 11.9 Å². The quantitative estimate of drug-likeness (QED) is 0.827. The molecule has 1 aliphatic heterocycles. The normalized spacial score (nSPS) is 19.4. The van der Waals surface area contributed by atoms with Crippen LogP contribution in [0.3, 0.4) is 0 Å². The van der Waals surface area contributed by atoms with Crippen LogP contribution in [0.2, 0.25) is 0 Å². The van der Waals surface area contributed by atoms with Crippen molar-refractivity contribution in [2.24, 2.45) is 11.8 Å². The Kier molecular flexibility index (Phi) is 5.82. The third-order valence-electron chi connectivity index (χ3n) is 5.45. The zero-order valence-electron chi connectivity index (χ0n) is 16.9. The van der Waals surface area contributed by atoms with Crippen LogP contribution in [0.5, 0.6) is 0 Å². The number of carbonyl (C=O) groups excluding carboxylic acids is 1. The van der Waals surface area contributed by atoms with Gasteiger partial charge in [0.15, 0.2) is 5.69 Å². The van der Waals surface area contributed by atoms with Gasteiger partial charge >= 0.3 is 5.97 Å². The van der Waals surface area contributed by atoms with Crippen LogP contribution in [0.1, 0.15) is 61.8 Å². The highest BCUT2D eigenvalue weighted by Gasteiger charge is 2.38. The molecule has 2 atom stereocenters. The summed E-state index contributed by atoms with van der Waals surface area (Å²) >= 11 is 0. The molecule has 1 N–H and O–H groups in total. The second kappa shape index (κ2) is 8.12. The first-order valence-electron chi connectivity index (χ1n) is 9.90. The summed E-state index contributed by atoms with van der Waals surface area (Å²) in [6.07, 6.45) is 1.53. The predicted molar refractivity (Wildman–Crippen MR) is 106 cm³/mol. The number of carboxylic acid groups (broad SMARTS) is 1. The number of aromatic nitrogens is 3. The van der Waals surface area contributed by atoms with Crippen LogP contribution in [-0.4, -0.2) is 50.0 Å². The highest BCUT2D eigenvalue weighted by atomic mass is 16.4. The van der Waals surface area contributed by atoms with Gasteiger partial charge < -0.3 is 10.0 Å². The van der Waals surface area contributed by atoms with Crippen molar-refractivity contribution in [1.29, 1.82) is 0 Å². The van der Waals surface area contributed by atoms with Crippen molar-refractivity contribution in [1.82, 2.24) is 19.9 Å². The summed E-state index contributed by atoms with van der Waals surface area (Å²) < 4.78 is 1.75. The van der Waals surface area contributed by atoms with E-state index in [0.717, 1.165) is 17.8 Å². The molecule has 0 spiro atoms. The summed E-state index contributed by atoms with van der Waals surface area (Å²) in [6, 6.07) is 8.11. The van der Waals surface area contributed by atoms with Crippen LogP contribution in [-0.2, 0) is 11.2 Å². The van der Waals surface area contributed by atoms with Crippen molar-refractivity contribution < 1.29 is 14.7 Å². The minimum absolute atomic E-state index is 0.0751. The van der Waals surface area contributed by atoms with E-state index in [9.17, 15) is 14.7 Å². The number of carboxylic acids is 1. The summed E-state index contributed by atoms with van der Waals surface area (Å²) in [5.74, 6) is -1.31. The number of rotatable bonds is 6. The smallest absolute Gasteiger partial charge is 0.308 e. The number of likely N-dealkylation sites (tertiary alicyclic amines) is 1. The molecule has 150 valence electrons. The number of aliphatic carboxylic acids is 1. The van der Waals surface area contributed by atoms with E-state index in [1.54, 1.807) is 9.58 Å². The molecule has 1 aliphatic rings. The minimum atomic E-state index is -0.856. The van der Waals surface area contributed by atoms with E-state index in [1.165, 1.54) is 5.56 Å². The summed E-state index contributed by atoms with van der Waals surface area (Å²) in [5.41, 5.74) is 3.19. The van der Waals surface area contributed by atoms with Crippen molar-refractivity contribution in [3.63, 3.8) is 0 Å². The third-order valence-corrected chi connectivity index (χ3v) is 5.45. The standard InChI is InChI=1S/C21H28N4O3/c1-5-7-18-19(20(26)24-11-14(4)17(12-24)21(27)28)22-23-25(18)16-9-6-8-15(10-16)13(2)3/h6,8-10,13-14,17H,5,7,11-12H2,1-4H3,(H,27,28)/t14-,17-/m1/s1. The van der Waals surface area contributed by atoms with Crippen LogP contribution in [0.15, 0.2) is 24.3 Å². The average molecular weight is 384 g/mol. The second-order valence-corrected chi connectivity index (χ2v) is 7.93. The Labute approximate surface area is 165 Å². The zero-order valence-corrected chi connectivity index (χ0v) is 16.9. The Bertz CT molecular complexity index is 874. The molecule has 0 radical (unpaired) electrons. The van der Waals surface area contributed by atoms with Gasteiger partial charge in [0.2, 0.25) is 0 Å². The lowest BCUT2D eigenvalue weighted by atomic mass is 9.99. The number of nitrogens with zero attached hydrogens (tertiary/aromatic N) is 4. The van der Waals surface area contributed by atoms with Crippen LogP contribution >= 0.6 is 0 Å². The van der Waals surface area contributed by atoms with Crippen LogP contribution in [0, 0.1) is 11.8 Å². The van der Waals surface area contributed by atoms with Gasteiger partial charge in [-0.25, -0.2) is 4.68 Å². The fourth-order valence-electron chi connectivity index (χ4n) is 3.76. The SMILES string of the molecule is CCCc1c(C(=O)N2C[C@@H](C)[C@H](C(=O)O)C2)nnn1-c1cccc(C(C)C)c1. The summed E-state index contributed by atoms with van der Waals surface area (Å²) in [7, 11) is 0. The van der Waals surface area contributed by atoms with Crippen molar-refractivity contribution in [3.05, 3.63) is 41.2 Å². The molecule has 1 amide bonds. The Morgan fingerprint density at radius 2 is 2.04 bits per heavy atom. The van der Waals surface area contributed by atoms with Crippen LogP contribution in [0.25, 0.3) is 5.69 Å². The molecule has 1 fully saturated rings. The summed E-state index contributed by atoms with van der Waals surface area (Å²) in [5, 5.41) is 17.8. The lowest BCUT2D eigenvalue weighted by Gasteiger charge is -2.15. The van der Waals surface area contributed by atoms with E-state index >= 15 is 0 Å². The van der Waals surface area contributed by atoms with Gasteiger partial charge in [-0.05, 0) is 36.0 Å². The minimum Gasteiger partial charge on any atom is -0.481 e. The van der Waals surface area contributed by atoms with E-state index in [-0.39, 0.29) is 18.4 Å². The second-order valence-electron chi connectivity index (χ2n) is 7.93. The third kappa shape index (κ3) is 3.79. The molecule has 7 heteroatoms. The number of amides is 1. The highest BCUT2D eigenvalue weighted by Crippen LogP contribution is 2.26. The molecule has 0 unspecified atom stereocenters. The van der Waals surface area contributed by atoms with Gasteiger partial charge in [-0.1, -0.05) is 51.5 Å². The van der Waals surface area contributed by atoms with Gasteiger partial charge in [0.1, 0.15) is 0 Å². The molecular formula is C21H28N4O3. The molecule has 1 saturated heterocycles. The predicted octanol–water partition coefficient (Wildman–Crippen LogP) is 3.14. The van der Waals surface area contributed by atoms with Crippen LogP contribution in [0.4, 0.5) is 0 Å². The molecular weight excluding hydrogens is 356 g/mol. The largest absolute Gasteiger partial charge is 0.481 e. The van der Waals surface area contributed by atoms with E-state index in [0.29, 0.717) is 24.6 Å². The van der Waals surface area contributed by atoms with E-state index < -0.39 is 11.9 Å². The molecule has 0 aliphatic carbocycles. The van der Waals surface area contributed by atoms with Crippen molar-refractivity contribution in [2.45, 2.75) is 46.5 Å². The van der Waals surface area contributed by atoms with E-state index in [2.05, 4.69) is 43.2 Å². The summed E-state index contributed by atoms with van der Waals surface area (Å²) in [6.45, 7) is 8.83. The maximum atomic E-state index is 13.1. The zero-order chi connectivity index (χ0) is 20.4. The summed E-state index contributed by atoms with van der Waals surface area (Å²) in [4.78, 5) is 26.1. The van der Waals surface area contributed by atoms with Crippen molar-refractivity contribution in [3.8, 4) is 5.69 Å². The van der Waals surface area contributed by atoms with Gasteiger partial charge in [0.25, 0.3) is 5.91 Å². The first kappa shape index (κ1) is 20.0. The highest BCUT2D eigenvalue weighted by molar-refractivity contribution is 5.94. The topological polar surface area (TPSA) is 88.3 Å². The van der Waals surface area contributed by atoms with Gasteiger partial charge in [-0.3, -0.25) is 9.59 Å². The number of carbonyl (C=O) groups is 2. The maximum absolute atomic E-state index is 13.1. The molecule has 2 heterocycles. The molecule has 0 bridgehead atoms. The molecule has 1 aromatic carbocycles. The molecule has 2 aromatic rings. The Balaban J connectivity index is 1.94. The molecule has 7 nitrogen and oxygen atoms in total. The van der Waals surface area contributed by atoms with Gasteiger partial charge in [-0.15, -0.1) is 5.10 Å². The Morgan fingerprint density at radius 1 is 1.29 bits per heavy atom.